The summed E-state index contributed by atoms with van der Waals surface area (Å²) in [6.45, 7) is 0. The Morgan fingerprint density at radius 2 is 1.86 bits per heavy atom. The first-order chi connectivity index (χ1) is 10.7. The van der Waals surface area contributed by atoms with Crippen molar-refractivity contribution >= 4 is 5.69 Å². The van der Waals surface area contributed by atoms with Crippen LogP contribution in [-0.4, -0.2) is 29.2 Å². The number of aromatic nitrogens is 3. The Bertz CT molecular complexity index is 798. The topological polar surface area (TPSA) is 75.2 Å². The molecule has 6 heteroatoms. The molecule has 0 amide bonds. The number of hydrogen-bond donors (Lipinski definition) is 1. The molecule has 0 unspecified atom stereocenters. The number of ether oxygens (including phenoxy) is 2. The molecule has 112 valence electrons. The molecule has 0 atom stereocenters. The van der Waals surface area contributed by atoms with Crippen LogP contribution in [0.5, 0.6) is 11.5 Å². The van der Waals surface area contributed by atoms with Crippen molar-refractivity contribution in [3.05, 3.63) is 48.7 Å². The van der Waals surface area contributed by atoms with E-state index < -0.39 is 0 Å². The highest BCUT2D eigenvalue weighted by atomic mass is 16.5. The molecule has 0 saturated heterocycles. The van der Waals surface area contributed by atoms with Crippen molar-refractivity contribution in [1.29, 1.82) is 0 Å². The second kappa shape index (κ2) is 5.77. The lowest BCUT2D eigenvalue weighted by atomic mass is 10.1. The number of nitrogens with two attached hydrogens (primary N) is 1. The lowest BCUT2D eigenvalue weighted by Crippen LogP contribution is -1.99. The van der Waals surface area contributed by atoms with Gasteiger partial charge in [0.25, 0.3) is 0 Å². The number of methoxy groups -OCH3 is 2. The average molecular weight is 296 g/mol. The predicted octanol–water partition coefficient (Wildman–Crippen LogP) is 2.53. The summed E-state index contributed by atoms with van der Waals surface area (Å²) < 4.78 is 12.2. The summed E-state index contributed by atoms with van der Waals surface area (Å²) in [5, 5.41) is 8.35. The smallest absolute Gasteiger partial charge is 0.148 e. The molecule has 2 aromatic carbocycles. The standard InChI is InChI=1S/C16H16N4O2/c1-21-11-7-8-15(16(9-11)22-2)20-10-14(18-19-20)12-5-3-4-6-13(12)17/h3-10H,17H2,1-2H3. The van der Waals surface area contributed by atoms with Crippen molar-refractivity contribution in [3.63, 3.8) is 0 Å². The first-order valence-electron chi connectivity index (χ1n) is 6.72. The highest BCUT2D eigenvalue weighted by Gasteiger charge is 2.12. The summed E-state index contributed by atoms with van der Waals surface area (Å²) in [5.41, 5.74) is 8.97. The SMILES string of the molecule is COc1ccc(-n2cc(-c3ccccc3N)nn2)c(OC)c1. The molecule has 0 spiro atoms. The van der Waals surface area contributed by atoms with E-state index in [0.29, 0.717) is 22.9 Å². The van der Waals surface area contributed by atoms with Crippen LogP contribution in [-0.2, 0) is 0 Å². The van der Waals surface area contributed by atoms with Crippen molar-refractivity contribution in [2.24, 2.45) is 0 Å². The number of benzene rings is 2. The maximum absolute atomic E-state index is 5.98. The minimum absolute atomic E-state index is 0.650. The molecule has 2 N–H and O–H groups in total. The van der Waals surface area contributed by atoms with E-state index in [1.54, 1.807) is 25.0 Å². The van der Waals surface area contributed by atoms with E-state index in [1.165, 1.54) is 0 Å². The first kappa shape index (κ1) is 13.9. The Morgan fingerprint density at radius 1 is 1.05 bits per heavy atom. The van der Waals surface area contributed by atoms with E-state index in [-0.39, 0.29) is 0 Å². The normalized spacial score (nSPS) is 10.5. The highest BCUT2D eigenvalue weighted by molar-refractivity contribution is 5.73. The van der Waals surface area contributed by atoms with Crippen molar-refractivity contribution in [1.82, 2.24) is 15.0 Å². The van der Waals surface area contributed by atoms with E-state index in [1.807, 2.05) is 42.6 Å². The molecule has 0 saturated carbocycles. The number of anilines is 1. The number of nitrogens with zero attached hydrogens (tertiary/aromatic N) is 3. The molecule has 0 aliphatic carbocycles. The molecule has 0 bridgehead atoms. The molecule has 22 heavy (non-hydrogen) atoms. The van der Waals surface area contributed by atoms with Crippen molar-refractivity contribution in [2.45, 2.75) is 0 Å². The van der Waals surface area contributed by atoms with Crippen LogP contribution in [0.15, 0.2) is 48.7 Å². The van der Waals surface area contributed by atoms with Gasteiger partial charge in [0, 0.05) is 17.3 Å². The van der Waals surface area contributed by atoms with Gasteiger partial charge < -0.3 is 15.2 Å². The van der Waals surface area contributed by atoms with Gasteiger partial charge in [0.2, 0.25) is 0 Å². The summed E-state index contributed by atoms with van der Waals surface area (Å²) in [4.78, 5) is 0. The summed E-state index contributed by atoms with van der Waals surface area (Å²) >= 11 is 0. The molecule has 1 aromatic heterocycles. The van der Waals surface area contributed by atoms with Crippen LogP contribution in [0, 0.1) is 0 Å². The quantitative estimate of drug-likeness (QED) is 0.749. The number of para-hydroxylation sites is 1. The molecule has 6 nitrogen and oxygen atoms in total. The summed E-state index contributed by atoms with van der Waals surface area (Å²) in [6.07, 6.45) is 1.82. The van der Waals surface area contributed by atoms with E-state index in [4.69, 9.17) is 15.2 Å². The third kappa shape index (κ3) is 2.46. The van der Waals surface area contributed by atoms with Crippen molar-refractivity contribution < 1.29 is 9.47 Å². The summed E-state index contributed by atoms with van der Waals surface area (Å²) in [6, 6.07) is 13.1. The van der Waals surface area contributed by atoms with E-state index in [9.17, 15) is 0 Å². The van der Waals surface area contributed by atoms with Gasteiger partial charge in [-0.3, -0.25) is 0 Å². The molecule has 1 heterocycles. The van der Waals surface area contributed by atoms with Crippen LogP contribution in [0.25, 0.3) is 16.9 Å². The van der Waals surface area contributed by atoms with Gasteiger partial charge in [0.05, 0.1) is 20.4 Å². The third-order valence-electron chi connectivity index (χ3n) is 3.36. The second-order valence-corrected chi connectivity index (χ2v) is 4.67. The minimum atomic E-state index is 0.650. The number of hydrogen-bond acceptors (Lipinski definition) is 5. The largest absolute Gasteiger partial charge is 0.497 e. The fraction of sp³-hybridized carbons (Fsp3) is 0.125. The van der Waals surface area contributed by atoms with Crippen LogP contribution in [0.4, 0.5) is 5.69 Å². The van der Waals surface area contributed by atoms with Gasteiger partial charge in [0.15, 0.2) is 0 Å². The lowest BCUT2D eigenvalue weighted by molar-refractivity contribution is 0.392. The molecular formula is C16H16N4O2. The van der Waals surface area contributed by atoms with Gasteiger partial charge >= 0.3 is 0 Å². The zero-order valence-corrected chi connectivity index (χ0v) is 12.4. The molecule has 3 aromatic rings. The fourth-order valence-electron chi connectivity index (χ4n) is 2.21. The molecule has 0 aliphatic heterocycles. The van der Waals surface area contributed by atoms with Gasteiger partial charge in [-0.1, -0.05) is 23.4 Å². The molecule has 0 fully saturated rings. The van der Waals surface area contributed by atoms with Crippen molar-refractivity contribution in [2.75, 3.05) is 20.0 Å². The van der Waals surface area contributed by atoms with Crippen LogP contribution < -0.4 is 15.2 Å². The van der Waals surface area contributed by atoms with Crippen LogP contribution >= 0.6 is 0 Å². The Morgan fingerprint density at radius 3 is 2.59 bits per heavy atom. The van der Waals surface area contributed by atoms with E-state index in [2.05, 4.69) is 10.3 Å². The highest BCUT2D eigenvalue weighted by Crippen LogP contribution is 2.29. The number of nitrogen functional groups attached to an aromatic ring is 1. The minimum Gasteiger partial charge on any atom is -0.497 e. The van der Waals surface area contributed by atoms with Gasteiger partial charge in [-0.2, -0.15) is 0 Å². The van der Waals surface area contributed by atoms with E-state index in [0.717, 1.165) is 11.3 Å². The van der Waals surface area contributed by atoms with Gasteiger partial charge in [0.1, 0.15) is 22.9 Å². The Labute approximate surface area is 128 Å². The number of rotatable bonds is 4. The Hall–Kier alpha value is -3.02. The second-order valence-electron chi connectivity index (χ2n) is 4.67. The Balaban J connectivity index is 2.03. The van der Waals surface area contributed by atoms with Crippen LogP contribution in [0.1, 0.15) is 0 Å². The average Bonchev–Trinajstić information content (AvgIpc) is 3.04. The van der Waals surface area contributed by atoms with Crippen LogP contribution in [0.2, 0.25) is 0 Å². The molecule has 0 radical (unpaired) electrons. The zero-order valence-electron chi connectivity index (χ0n) is 12.4. The fourth-order valence-corrected chi connectivity index (χ4v) is 2.21. The zero-order chi connectivity index (χ0) is 15.5. The first-order valence-corrected chi connectivity index (χ1v) is 6.72. The maximum atomic E-state index is 5.98. The third-order valence-corrected chi connectivity index (χ3v) is 3.36. The molecule has 3 rings (SSSR count). The van der Waals surface area contributed by atoms with Crippen molar-refractivity contribution in [3.8, 4) is 28.4 Å². The monoisotopic (exact) mass is 296 g/mol. The predicted molar refractivity (Wildman–Crippen MR) is 84.3 cm³/mol. The molecular weight excluding hydrogens is 280 g/mol. The van der Waals surface area contributed by atoms with E-state index >= 15 is 0 Å². The summed E-state index contributed by atoms with van der Waals surface area (Å²) in [5.74, 6) is 1.37. The maximum Gasteiger partial charge on any atom is 0.148 e. The summed E-state index contributed by atoms with van der Waals surface area (Å²) in [7, 11) is 3.21. The van der Waals surface area contributed by atoms with Gasteiger partial charge in [-0.05, 0) is 18.2 Å². The van der Waals surface area contributed by atoms with Gasteiger partial charge in [-0.25, -0.2) is 4.68 Å². The lowest BCUT2D eigenvalue weighted by Gasteiger charge is -2.09. The van der Waals surface area contributed by atoms with Gasteiger partial charge in [-0.15, -0.1) is 5.10 Å². The molecule has 0 aliphatic rings. The Kier molecular flexibility index (Phi) is 3.65. The van der Waals surface area contributed by atoms with Crippen LogP contribution in [0.3, 0.4) is 0 Å².